The van der Waals surface area contributed by atoms with Gasteiger partial charge in [-0.25, -0.2) is 0 Å². The average Bonchev–Trinajstić information content (AvgIpc) is 3.49. The number of hydrogen-bond donors (Lipinski definition) is 0. The topological polar surface area (TPSA) is 78.9 Å². The Bertz CT molecular complexity index is 1700. The third-order valence-electron chi connectivity index (χ3n) is 14.9. The first kappa shape index (κ1) is 78.8. The maximum absolute atomic E-state index is 13.0. The van der Waals surface area contributed by atoms with Crippen LogP contribution in [0, 0.1) is 0 Å². The largest absolute Gasteiger partial charge is 0.462 e. The molecule has 83 heavy (non-hydrogen) atoms. The zero-order valence-corrected chi connectivity index (χ0v) is 54.4. The predicted octanol–water partition coefficient (Wildman–Crippen LogP) is 24.3. The second kappa shape index (κ2) is 70.3. The Balaban J connectivity index is 4.34. The number of allylic oxidation sites excluding steroid dienone is 20. The van der Waals surface area contributed by atoms with E-state index >= 15 is 0 Å². The van der Waals surface area contributed by atoms with E-state index in [0.29, 0.717) is 19.3 Å². The van der Waals surface area contributed by atoms with E-state index in [4.69, 9.17) is 14.2 Å². The molecule has 0 aliphatic heterocycles. The molecule has 0 radical (unpaired) electrons. The van der Waals surface area contributed by atoms with Crippen molar-refractivity contribution in [1.29, 1.82) is 0 Å². The number of hydrogen-bond acceptors (Lipinski definition) is 6. The molecule has 0 heterocycles. The highest BCUT2D eigenvalue weighted by atomic mass is 16.6. The molecule has 0 aromatic heterocycles. The van der Waals surface area contributed by atoms with Crippen LogP contribution < -0.4 is 0 Å². The number of esters is 3. The van der Waals surface area contributed by atoms with Gasteiger partial charge in [0.1, 0.15) is 13.2 Å². The maximum Gasteiger partial charge on any atom is 0.306 e. The van der Waals surface area contributed by atoms with Crippen molar-refractivity contribution < 1.29 is 28.6 Å². The van der Waals surface area contributed by atoms with E-state index in [0.717, 1.165) is 122 Å². The molecule has 0 spiro atoms. The summed E-state index contributed by atoms with van der Waals surface area (Å²) in [7, 11) is 0. The molecule has 0 saturated heterocycles. The number of rotatable bonds is 63. The minimum Gasteiger partial charge on any atom is -0.462 e. The molecule has 1 atom stereocenters. The van der Waals surface area contributed by atoms with Gasteiger partial charge in [0.15, 0.2) is 6.10 Å². The van der Waals surface area contributed by atoms with Gasteiger partial charge in [0.05, 0.1) is 0 Å². The molecular weight excluding hydrogens is 1020 g/mol. The fraction of sp³-hybridized carbons (Fsp3) is 0.701. The summed E-state index contributed by atoms with van der Waals surface area (Å²) in [5, 5.41) is 0. The maximum atomic E-state index is 13.0. The Kier molecular flexibility index (Phi) is 66.7. The standard InChI is InChI=1S/C77H130O6/c1-4-7-10-13-16-19-22-25-27-29-31-33-35-37-38-40-41-43-45-47-49-52-55-58-61-64-67-70-76(79)82-73-74(72-81-75(78)69-66-63-60-57-54-51-24-21-18-15-12-9-6-3)83-77(80)71-68-65-62-59-56-53-50-48-46-44-42-39-36-34-32-30-28-26-23-20-17-14-11-8-5-2/h7,10,16,19,21,23-27,30-33,36-39,41,43,74H,4-6,8-9,11-15,17-18,20,22,28-29,34-35,40,42,44-73H2,1-3H3/b10-7-,19-16-,24-21-,26-23-,27-25-,32-30-,33-31-,38-37-,39-36-,43-41-. The summed E-state index contributed by atoms with van der Waals surface area (Å²) in [4.78, 5) is 38.4. The van der Waals surface area contributed by atoms with Gasteiger partial charge in [-0.1, -0.05) is 296 Å². The molecule has 0 amide bonds. The first-order valence-corrected chi connectivity index (χ1v) is 35.0. The van der Waals surface area contributed by atoms with E-state index < -0.39 is 6.10 Å². The van der Waals surface area contributed by atoms with Crippen LogP contribution in [0.4, 0.5) is 0 Å². The lowest BCUT2D eigenvalue weighted by molar-refractivity contribution is -0.167. The highest BCUT2D eigenvalue weighted by molar-refractivity contribution is 5.71. The van der Waals surface area contributed by atoms with Crippen LogP contribution in [0.1, 0.15) is 329 Å². The molecule has 0 rings (SSSR count). The quantitative estimate of drug-likeness (QED) is 0.0261. The summed E-state index contributed by atoms with van der Waals surface area (Å²) in [6.07, 6.45) is 97.8. The van der Waals surface area contributed by atoms with Crippen molar-refractivity contribution in [3.63, 3.8) is 0 Å². The minimum absolute atomic E-state index is 0.0873. The van der Waals surface area contributed by atoms with Crippen molar-refractivity contribution in [2.75, 3.05) is 13.2 Å². The van der Waals surface area contributed by atoms with Gasteiger partial charge >= 0.3 is 17.9 Å². The summed E-state index contributed by atoms with van der Waals surface area (Å²) in [6.45, 7) is 6.51. The fourth-order valence-corrected chi connectivity index (χ4v) is 9.68. The zero-order valence-electron chi connectivity index (χ0n) is 54.4. The lowest BCUT2D eigenvalue weighted by Crippen LogP contribution is -2.30. The fourth-order valence-electron chi connectivity index (χ4n) is 9.68. The highest BCUT2D eigenvalue weighted by Crippen LogP contribution is 2.16. The van der Waals surface area contributed by atoms with Crippen molar-refractivity contribution in [2.24, 2.45) is 0 Å². The molecule has 0 aromatic carbocycles. The average molecular weight is 1150 g/mol. The molecule has 1 unspecified atom stereocenters. The molecule has 0 fully saturated rings. The second-order valence-corrected chi connectivity index (χ2v) is 23.1. The van der Waals surface area contributed by atoms with Crippen LogP contribution in [-0.4, -0.2) is 37.2 Å². The van der Waals surface area contributed by atoms with Gasteiger partial charge in [-0.05, 0) is 135 Å². The Morgan fingerprint density at radius 3 is 0.759 bits per heavy atom. The third-order valence-corrected chi connectivity index (χ3v) is 14.9. The Hall–Kier alpha value is -4.19. The summed E-state index contributed by atoms with van der Waals surface area (Å²) >= 11 is 0. The minimum atomic E-state index is -0.792. The molecule has 6 nitrogen and oxygen atoms in total. The third kappa shape index (κ3) is 68.5. The lowest BCUT2D eigenvalue weighted by Gasteiger charge is -2.18. The second-order valence-electron chi connectivity index (χ2n) is 23.1. The molecule has 474 valence electrons. The van der Waals surface area contributed by atoms with E-state index in [1.54, 1.807) is 0 Å². The molecule has 0 saturated carbocycles. The SMILES string of the molecule is CC/C=C\C/C=C\C/C=C\C/C=C\C/C=C\C/C=C\CCCCCCCCCCC(=O)OCC(COC(=O)CCCCCCC/C=C\CCCCCC)OC(=O)CCCCCCCCCCCC/C=C\C/C=C\C/C=C\CCCCCCC. The van der Waals surface area contributed by atoms with Crippen molar-refractivity contribution in [3.05, 3.63) is 122 Å². The smallest absolute Gasteiger partial charge is 0.306 e. The van der Waals surface area contributed by atoms with E-state index in [1.165, 1.54) is 167 Å². The van der Waals surface area contributed by atoms with Crippen molar-refractivity contribution in [3.8, 4) is 0 Å². The van der Waals surface area contributed by atoms with Gasteiger partial charge in [-0.15, -0.1) is 0 Å². The molecule has 0 aliphatic rings. The van der Waals surface area contributed by atoms with Crippen LogP contribution in [0.5, 0.6) is 0 Å². The summed E-state index contributed by atoms with van der Waals surface area (Å²) < 4.78 is 17.0. The summed E-state index contributed by atoms with van der Waals surface area (Å²) in [6, 6.07) is 0. The van der Waals surface area contributed by atoms with Crippen LogP contribution in [0.3, 0.4) is 0 Å². The molecule has 0 N–H and O–H groups in total. The zero-order chi connectivity index (χ0) is 59.9. The van der Waals surface area contributed by atoms with Crippen molar-refractivity contribution >= 4 is 17.9 Å². The Morgan fingerprint density at radius 2 is 0.470 bits per heavy atom. The van der Waals surface area contributed by atoms with Gasteiger partial charge in [0.2, 0.25) is 0 Å². The first-order valence-electron chi connectivity index (χ1n) is 35.0. The van der Waals surface area contributed by atoms with E-state index in [9.17, 15) is 14.4 Å². The summed E-state index contributed by atoms with van der Waals surface area (Å²) in [5.41, 5.74) is 0. The number of carbonyl (C=O) groups is 3. The van der Waals surface area contributed by atoms with Crippen LogP contribution in [-0.2, 0) is 28.6 Å². The van der Waals surface area contributed by atoms with Crippen LogP contribution in [0.15, 0.2) is 122 Å². The number of unbranched alkanes of at least 4 members (excludes halogenated alkanes) is 32. The highest BCUT2D eigenvalue weighted by Gasteiger charge is 2.19. The lowest BCUT2D eigenvalue weighted by atomic mass is 10.0. The van der Waals surface area contributed by atoms with Crippen LogP contribution in [0.25, 0.3) is 0 Å². The Labute approximate surface area is 513 Å². The van der Waals surface area contributed by atoms with Gasteiger partial charge < -0.3 is 14.2 Å². The molecular formula is C77H130O6. The van der Waals surface area contributed by atoms with Gasteiger partial charge in [0.25, 0.3) is 0 Å². The predicted molar refractivity (Wildman–Crippen MR) is 362 cm³/mol. The van der Waals surface area contributed by atoms with Crippen LogP contribution in [0.2, 0.25) is 0 Å². The molecule has 0 aliphatic carbocycles. The van der Waals surface area contributed by atoms with E-state index in [2.05, 4.69) is 142 Å². The Morgan fingerprint density at radius 1 is 0.253 bits per heavy atom. The van der Waals surface area contributed by atoms with Gasteiger partial charge in [-0.3, -0.25) is 14.4 Å². The van der Waals surface area contributed by atoms with Crippen molar-refractivity contribution in [1.82, 2.24) is 0 Å². The van der Waals surface area contributed by atoms with Crippen LogP contribution >= 0.6 is 0 Å². The number of carbonyl (C=O) groups excluding carboxylic acids is 3. The van der Waals surface area contributed by atoms with E-state index in [-0.39, 0.29) is 31.1 Å². The molecule has 0 aromatic rings. The molecule has 0 bridgehead atoms. The normalized spacial score (nSPS) is 12.9. The first-order chi connectivity index (χ1) is 41.0. The number of ether oxygens (including phenoxy) is 3. The van der Waals surface area contributed by atoms with Gasteiger partial charge in [0, 0.05) is 19.3 Å². The molecule has 6 heteroatoms. The van der Waals surface area contributed by atoms with E-state index in [1.807, 2.05) is 0 Å². The monoisotopic (exact) mass is 1150 g/mol. The summed E-state index contributed by atoms with van der Waals surface area (Å²) in [5.74, 6) is -0.899. The van der Waals surface area contributed by atoms with Crippen molar-refractivity contribution in [2.45, 2.75) is 335 Å². The van der Waals surface area contributed by atoms with Gasteiger partial charge in [-0.2, -0.15) is 0 Å².